The second-order valence-corrected chi connectivity index (χ2v) is 6.72. The van der Waals surface area contributed by atoms with Gasteiger partial charge in [0.2, 0.25) is 5.91 Å². The highest BCUT2D eigenvalue weighted by molar-refractivity contribution is 7.12. The summed E-state index contributed by atoms with van der Waals surface area (Å²) in [5.74, 6) is -0.803. The molecule has 0 saturated heterocycles. The zero-order valence-electron chi connectivity index (χ0n) is 13.4. The number of hydrogen-bond donors (Lipinski definition) is 1. The number of hydrogen-bond acceptors (Lipinski definition) is 5. The lowest BCUT2D eigenvalue weighted by Gasteiger charge is -2.14. The van der Waals surface area contributed by atoms with Crippen molar-refractivity contribution >= 4 is 28.3 Å². The number of carbonyl (C=O) groups excluding carboxylic acids is 1. The fraction of sp³-hybridized carbons (Fsp3) is 0.294. The average molecular weight is 346 g/mol. The fourth-order valence-corrected chi connectivity index (χ4v) is 3.45. The molecule has 24 heavy (non-hydrogen) atoms. The number of ether oxygens (including phenoxy) is 1. The second-order valence-electron chi connectivity index (χ2n) is 5.40. The minimum absolute atomic E-state index is 0.0876. The van der Waals surface area contributed by atoms with Gasteiger partial charge >= 0.3 is 5.76 Å². The van der Waals surface area contributed by atoms with Crippen LogP contribution < -0.4 is 11.1 Å². The summed E-state index contributed by atoms with van der Waals surface area (Å²) in [7, 11) is 1.61. The molecule has 1 aromatic carbocycles. The first kappa shape index (κ1) is 16.5. The lowest BCUT2D eigenvalue weighted by atomic mass is 10.3. The third kappa shape index (κ3) is 3.42. The van der Waals surface area contributed by atoms with Gasteiger partial charge in [-0.1, -0.05) is 12.1 Å². The summed E-state index contributed by atoms with van der Waals surface area (Å²) in [4.78, 5) is 26.3. The SMILES string of the molecule is CO[C@H](CNC(=O)Cn1c(=O)oc2ccccc21)c1ccc(C)s1. The van der Waals surface area contributed by atoms with Gasteiger partial charge in [0.25, 0.3) is 0 Å². The molecule has 0 saturated carbocycles. The summed E-state index contributed by atoms with van der Waals surface area (Å²) in [5, 5.41) is 2.81. The molecule has 0 spiro atoms. The minimum atomic E-state index is -0.538. The van der Waals surface area contributed by atoms with Crippen LogP contribution in [0.5, 0.6) is 0 Å². The van der Waals surface area contributed by atoms with E-state index in [9.17, 15) is 9.59 Å². The molecular weight excluding hydrogens is 328 g/mol. The van der Waals surface area contributed by atoms with Crippen molar-refractivity contribution in [2.45, 2.75) is 19.6 Å². The van der Waals surface area contributed by atoms with Gasteiger partial charge in [-0.15, -0.1) is 11.3 Å². The van der Waals surface area contributed by atoms with Gasteiger partial charge in [0.15, 0.2) is 5.58 Å². The Kier molecular flexibility index (Phi) is 4.82. The van der Waals surface area contributed by atoms with Crippen LogP contribution in [0.25, 0.3) is 11.1 Å². The van der Waals surface area contributed by atoms with Gasteiger partial charge in [-0.25, -0.2) is 4.79 Å². The van der Waals surface area contributed by atoms with Crippen LogP contribution in [0, 0.1) is 6.92 Å². The maximum atomic E-state index is 12.2. The molecule has 0 radical (unpaired) electrons. The topological polar surface area (TPSA) is 73.5 Å². The van der Waals surface area contributed by atoms with E-state index in [2.05, 4.69) is 5.32 Å². The summed E-state index contributed by atoms with van der Waals surface area (Å²) in [6.45, 7) is 2.28. The van der Waals surface area contributed by atoms with Crippen LogP contribution in [0.4, 0.5) is 0 Å². The summed E-state index contributed by atoms with van der Waals surface area (Å²) in [6, 6.07) is 11.0. The van der Waals surface area contributed by atoms with E-state index < -0.39 is 5.76 Å². The smallest absolute Gasteiger partial charge is 0.408 e. The number of nitrogens with one attached hydrogen (secondary N) is 1. The van der Waals surface area contributed by atoms with E-state index in [0.29, 0.717) is 17.6 Å². The van der Waals surface area contributed by atoms with Gasteiger partial charge in [0.1, 0.15) is 12.6 Å². The molecule has 7 heteroatoms. The van der Waals surface area contributed by atoms with Crippen LogP contribution in [0.15, 0.2) is 45.6 Å². The molecule has 126 valence electrons. The Balaban J connectivity index is 1.67. The standard InChI is InChI=1S/C17H18N2O4S/c1-11-7-8-15(24-11)14(22-2)9-18-16(20)10-19-12-5-3-4-6-13(12)23-17(19)21/h3-8,14H,9-10H2,1-2H3,(H,18,20)/t14-/m1/s1. The summed E-state index contributed by atoms with van der Waals surface area (Å²) < 4.78 is 11.9. The normalized spacial score (nSPS) is 12.4. The molecule has 1 atom stereocenters. The molecule has 1 N–H and O–H groups in total. The minimum Gasteiger partial charge on any atom is -0.408 e. The lowest BCUT2D eigenvalue weighted by molar-refractivity contribution is -0.122. The largest absolute Gasteiger partial charge is 0.420 e. The number of rotatable bonds is 6. The summed E-state index contributed by atoms with van der Waals surface area (Å²) in [5.41, 5.74) is 1.08. The van der Waals surface area contributed by atoms with Crippen LogP contribution in [-0.2, 0) is 16.1 Å². The highest BCUT2D eigenvalue weighted by Crippen LogP contribution is 2.24. The number of carbonyl (C=O) groups is 1. The molecule has 0 fully saturated rings. The van der Waals surface area contributed by atoms with E-state index >= 15 is 0 Å². The maximum absolute atomic E-state index is 12.2. The van der Waals surface area contributed by atoms with Crippen molar-refractivity contribution in [2.24, 2.45) is 0 Å². The van der Waals surface area contributed by atoms with Crippen molar-refractivity contribution in [1.29, 1.82) is 0 Å². The van der Waals surface area contributed by atoms with E-state index in [0.717, 1.165) is 4.88 Å². The van der Waals surface area contributed by atoms with Gasteiger partial charge < -0.3 is 14.5 Å². The Hall–Kier alpha value is -2.38. The number of amides is 1. The quantitative estimate of drug-likeness (QED) is 0.744. The van der Waals surface area contributed by atoms with Crippen LogP contribution in [0.3, 0.4) is 0 Å². The second kappa shape index (κ2) is 7.02. The van der Waals surface area contributed by atoms with Crippen molar-refractivity contribution in [3.05, 3.63) is 56.7 Å². The van der Waals surface area contributed by atoms with Crippen LogP contribution in [0.2, 0.25) is 0 Å². The first-order chi connectivity index (χ1) is 11.6. The number of aromatic nitrogens is 1. The number of aryl methyl sites for hydroxylation is 1. The number of nitrogens with zero attached hydrogens (tertiary/aromatic N) is 1. The average Bonchev–Trinajstić information content (AvgIpc) is 3.12. The fourth-order valence-electron chi connectivity index (χ4n) is 2.50. The van der Waals surface area contributed by atoms with Crippen LogP contribution in [0.1, 0.15) is 15.9 Å². The number of methoxy groups -OCH3 is 1. The maximum Gasteiger partial charge on any atom is 0.420 e. The number of oxazole rings is 1. The van der Waals surface area contributed by atoms with Crippen molar-refractivity contribution in [3.8, 4) is 0 Å². The Labute approximate surface area is 142 Å². The Morgan fingerprint density at radius 3 is 2.83 bits per heavy atom. The van der Waals surface area contributed by atoms with Gasteiger partial charge in [0.05, 0.1) is 5.52 Å². The van der Waals surface area contributed by atoms with Crippen molar-refractivity contribution in [2.75, 3.05) is 13.7 Å². The Bertz CT molecular complexity index is 909. The van der Waals surface area contributed by atoms with Crippen LogP contribution >= 0.6 is 11.3 Å². The Morgan fingerprint density at radius 1 is 1.33 bits per heavy atom. The number of benzene rings is 1. The summed E-state index contributed by atoms with van der Waals surface area (Å²) >= 11 is 1.64. The molecular formula is C17H18N2O4S. The molecule has 0 aliphatic rings. The van der Waals surface area contributed by atoms with E-state index in [4.69, 9.17) is 9.15 Å². The Morgan fingerprint density at radius 2 is 2.12 bits per heavy atom. The van der Waals surface area contributed by atoms with Gasteiger partial charge in [0, 0.05) is 23.4 Å². The van der Waals surface area contributed by atoms with Crippen LogP contribution in [-0.4, -0.2) is 24.1 Å². The molecule has 6 nitrogen and oxygen atoms in total. The zero-order valence-corrected chi connectivity index (χ0v) is 14.3. The van der Waals surface area contributed by atoms with Crippen molar-refractivity contribution < 1.29 is 13.9 Å². The van der Waals surface area contributed by atoms with E-state index in [1.807, 2.05) is 19.1 Å². The van der Waals surface area contributed by atoms with E-state index in [1.165, 1.54) is 9.44 Å². The third-order valence-corrected chi connectivity index (χ3v) is 4.82. The zero-order chi connectivity index (χ0) is 17.1. The van der Waals surface area contributed by atoms with Gasteiger partial charge in [-0.2, -0.15) is 0 Å². The third-order valence-electron chi connectivity index (χ3n) is 3.72. The molecule has 1 amide bonds. The van der Waals surface area contributed by atoms with E-state index in [1.54, 1.807) is 42.7 Å². The number of fused-ring (bicyclic) bond motifs is 1. The van der Waals surface area contributed by atoms with Gasteiger partial charge in [-0.3, -0.25) is 9.36 Å². The highest BCUT2D eigenvalue weighted by Gasteiger charge is 2.16. The number of thiophene rings is 1. The number of para-hydroxylation sites is 2. The predicted octanol–water partition coefficient (Wildman–Crippen LogP) is 2.47. The molecule has 3 rings (SSSR count). The van der Waals surface area contributed by atoms with Crippen molar-refractivity contribution in [3.63, 3.8) is 0 Å². The molecule has 0 unspecified atom stereocenters. The molecule has 0 bridgehead atoms. The monoisotopic (exact) mass is 346 g/mol. The molecule has 0 aliphatic heterocycles. The molecule has 3 aromatic rings. The molecule has 2 heterocycles. The van der Waals surface area contributed by atoms with Crippen molar-refractivity contribution in [1.82, 2.24) is 9.88 Å². The predicted molar refractivity (Wildman–Crippen MR) is 92.3 cm³/mol. The van der Waals surface area contributed by atoms with Gasteiger partial charge in [-0.05, 0) is 31.2 Å². The summed E-state index contributed by atoms with van der Waals surface area (Å²) in [6.07, 6.45) is -0.203. The first-order valence-corrected chi connectivity index (χ1v) is 8.34. The van der Waals surface area contributed by atoms with E-state index in [-0.39, 0.29) is 18.6 Å². The molecule has 2 aromatic heterocycles. The molecule has 0 aliphatic carbocycles. The first-order valence-electron chi connectivity index (χ1n) is 7.52. The lowest BCUT2D eigenvalue weighted by Crippen LogP contribution is -2.33. The highest BCUT2D eigenvalue weighted by atomic mass is 32.1.